The summed E-state index contributed by atoms with van der Waals surface area (Å²) in [5.41, 5.74) is 3.49. The molecule has 0 radical (unpaired) electrons. The van der Waals surface area contributed by atoms with Gasteiger partial charge in [0.15, 0.2) is 5.13 Å². The van der Waals surface area contributed by atoms with Gasteiger partial charge in [0.05, 0.1) is 5.92 Å². The van der Waals surface area contributed by atoms with Crippen molar-refractivity contribution < 1.29 is 4.79 Å². The Morgan fingerprint density at radius 3 is 2.32 bits per heavy atom. The lowest BCUT2D eigenvalue weighted by atomic mass is 9.96. The monoisotopic (exact) mass is 412 g/mol. The maximum absolute atomic E-state index is 12.6. The third kappa shape index (κ3) is 5.66. The van der Waals surface area contributed by atoms with E-state index >= 15 is 0 Å². The van der Waals surface area contributed by atoms with Gasteiger partial charge in [-0.1, -0.05) is 61.8 Å². The van der Waals surface area contributed by atoms with E-state index in [2.05, 4.69) is 48.4 Å². The number of thiazole rings is 1. The molecule has 1 atom stereocenters. The van der Waals surface area contributed by atoms with Crippen LogP contribution in [0, 0.1) is 5.92 Å². The van der Waals surface area contributed by atoms with Crippen molar-refractivity contribution in [3.05, 3.63) is 81.3 Å². The van der Waals surface area contributed by atoms with Crippen molar-refractivity contribution in [2.45, 2.75) is 39.5 Å². The summed E-state index contributed by atoms with van der Waals surface area (Å²) < 4.78 is 0. The predicted molar refractivity (Wildman–Crippen MR) is 118 cm³/mol. The highest BCUT2D eigenvalue weighted by molar-refractivity contribution is 7.15. The topological polar surface area (TPSA) is 42.0 Å². The number of nitrogens with one attached hydrogen (secondary N) is 1. The third-order valence-corrected chi connectivity index (χ3v) is 5.76. The Morgan fingerprint density at radius 2 is 1.68 bits per heavy atom. The number of rotatable bonds is 7. The second-order valence-electron chi connectivity index (χ2n) is 7.49. The molecule has 5 heteroatoms. The van der Waals surface area contributed by atoms with E-state index < -0.39 is 0 Å². The lowest BCUT2D eigenvalue weighted by Gasteiger charge is -2.12. The van der Waals surface area contributed by atoms with E-state index in [1.807, 2.05) is 37.4 Å². The predicted octanol–water partition coefficient (Wildman–Crippen LogP) is 6.33. The molecule has 1 heterocycles. The Labute approximate surface area is 175 Å². The average Bonchev–Trinajstić information content (AvgIpc) is 3.10. The fourth-order valence-corrected chi connectivity index (χ4v) is 4.00. The zero-order chi connectivity index (χ0) is 20.1. The highest BCUT2D eigenvalue weighted by Crippen LogP contribution is 2.24. The van der Waals surface area contributed by atoms with Gasteiger partial charge < -0.3 is 5.32 Å². The molecule has 0 saturated carbocycles. The molecule has 1 amide bonds. The zero-order valence-corrected chi connectivity index (χ0v) is 18.0. The first kappa shape index (κ1) is 20.6. The molecule has 1 aromatic heterocycles. The first-order valence-corrected chi connectivity index (χ1v) is 10.7. The van der Waals surface area contributed by atoms with Gasteiger partial charge in [0.2, 0.25) is 5.91 Å². The number of benzene rings is 2. The van der Waals surface area contributed by atoms with Crippen LogP contribution in [0.2, 0.25) is 5.02 Å². The number of carbonyl (C=O) groups excluding carboxylic acids is 1. The molecule has 0 aliphatic rings. The van der Waals surface area contributed by atoms with Crippen LogP contribution in [0.5, 0.6) is 0 Å². The van der Waals surface area contributed by atoms with Crippen molar-refractivity contribution in [3.63, 3.8) is 0 Å². The second kappa shape index (κ2) is 9.35. The van der Waals surface area contributed by atoms with Crippen LogP contribution >= 0.6 is 22.9 Å². The molecule has 3 rings (SSSR count). The largest absolute Gasteiger partial charge is 0.301 e. The minimum absolute atomic E-state index is 0.0380. The molecule has 0 aliphatic heterocycles. The van der Waals surface area contributed by atoms with E-state index in [4.69, 9.17) is 11.6 Å². The molecule has 0 saturated heterocycles. The van der Waals surface area contributed by atoms with Gasteiger partial charge in [0, 0.05) is 22.5 Å². The van der Waals surface area contributed by atoms with Gasteiger partial charge in [0.25, 0.3) is 0 Å². The lowest BCUT2D eigenvalue weighted by Crippen LogP contribution is -2.18. The number of carbonyl (C=O) groups is 1. The Morgan fingerprint density at radius 1 is 1.04 bits per heavy atom. The van der Waals surface area contributed by atoms with Crippen LogP contribution in [0.25, 0.3) is 0 Å². The summed E-state index contributed by atoms with van der Waals surface area (Å²) in [7, 11) is 0. The average molecular weight is 413 g/mol. The minimum atomic E-state index is -0.225. The number of nitrogens with zero attached hydrogens (tertiary/aromatic N) is 1. The highest BCUT2D eigenvalue weighted by Gasteiger charge is 2.17. The lowest BCUT2D eigenvalue weighted by molar-refractivity contribution is -0.117. The van der Waals surface area contributed by atoms with Crippen LogP contribution in [-0.4, -0.2) is 10.9 Å². The summed E-state index contributed by atoms with van der Waals surface area (Å²) in [5, 5.41) is 4.31. The molecule has 3 aromatic rings. The molecule has 0 bridgehead atoms. The van der Waals surface area contributed by atoms with E-state index in [1.54, 1.807) is 0 Å². The van der Waals surface area contributed by atoms with Crippen LogP contribution in [0.3, 0.4) is 0 Å². The fourth-order valence-electron chi connectivity index (χ4n) is 3.03. The number of aromatic nitrogens is 1. The quantitative estimate of drug-likeness (QED) is 0.492. The number of anilines is 1. The molecule has 0 fully saturated rings. The summed E-state index contributed by atoms with van der Waals surface area (Å²) in [5.74, 6) is 0.360. The van der Waals surface area contributed by atoms with Crippen molar-refractivity contribution >= 4 is 34.0 Å². The Kier molecular flexibility index (Phi) is 6.87. The molecule has 2 aromatic carbocycles. The maximum atomic E-state index is 12.6. The first-order chi connectivity index (χ1) is 13.4. The number of halogens is 1. The zero-order valence-electron chi connectivity index (χ0n) is 16.4. The molecule has 0 spiro atoms. The van der Waals surface area contributed by atoms with E-state index in [-0.39, 0.29) is 11.8 Å². The maximum Gasteiger partial charge on any atom is 0.233 e. The highest BCUT2D eigenvalue weighted by atomic mass is 35.5. The number of hydrogen-bond donors (Lipinski definition) is 1. The number of amides is 1. The molecule has 3 nitrogen and oxygen atoms in total. The molecule has 28 heavy (non-hydrogen) atoms. The fraction of sp³-hybridized carbons (Fsp3) is 0.304. The summed E-state index contributed by atoms with van der Waals surface area (Å²) in [4.78, 5) is 18.1. The van der Waals surface area contributed by atoms with Gasteiger partial charge in [-0.15, -0.1) is 11.3 Å². The van der Waals surface area contributed by atoms with Gasteiger partial charge in [-0.25, -0.2) is 4.98 Å². The van der Waals surface area contributed by atoms with E-state index in [0.717, 1.165) is 28.3 Å². The molecule has 0 aliphatic carbocycles. The van der Waals surface area contributed by atoms with Crippen molar-refractivity contribution in [2.24, 2.45) is 5.92 Å². The Balaban J connectivity index is 1.59. The van der Waals surface area contributed by atoms with Gasteiger partial charge >= 0.3 is 0 Å². The Hall–Kier alpha value is -2.17. The normalized spacial score (nSPS) is 12.2. The molecular formula is C23H25ClN2OS. The van der Waals surface area contributed by atoms with Gasteiger partial charge in [-0.3, -0.25) is 4.79 Å². The van der Waals surface area contributed by atoms with Crippen LogP contribution < -0.4 is 5.32 Å². The summed E-state index contributed by atoms with van der Waals surface area (Å²) in [6.07, 6.45) is 3.65. The first-order valence-electron chi connectivity index (χ1n) is 9.49. The van der Waals surface area contributed by atoms with E-state index in [1.165, 1.54) is 22.5 Å². The van der Waals surface area contributed by atoms with Crippen molar-refractivity contribution in [1.82, 2.24) is 4.98 Å². The van der Waals surface area contributed by atoms with E-state index in [0.29, 0.717) is 11.0 Å². The van der Waals surface area contributed by atoms with Gasteiger partial charge in [0.1, 0.15) is 0 Å². The van der Waals surface area contributed by atoms with Gasteiger partial charge in [-0.2, -0.15) is 0 Å². The molecule has 146 valence electrons. The molecule has 1 N–H and O–H groups in total. The molecular weight excluding hydrogens is 388 g/mol. The summed E-state index contributed by atoms with van der Waals surface area (Å²) in [6.45, 7) is 6.34. The van der Waals surface area contributed by atoms with Crippen LogP contribution in [0.15, 0.2) is 54.7 Å². The van der Waals surface area contributed by atoms with Crippen molar-refractivity contribution in [2.75, 3.05) is 5.32 Å². The molecule has 1 unspecified atom stereocenters. The SMILES string of the molecule is CC(C)Cc1ccc(C(C)C(=O)Nc2ncc(Cc3ccc(Cl)cc3)s2)cc1. The number of hydrogen-bond acceptors (Lipinski definition) is 3. The summed E-state index contributed by atoms with van der Waals surface area (Å²) >= 11 is 7.44. The van der Waals surface area contributed by atoms with Crippen LogP contribution in [0.1, 0.15) is 48.3 Å². The second-order valence-corrected chi connectivity index (χ2v) is 9.04. The van der Waals surface area contributed by atoms with Gasteiger partial charge in [-0.05, 0) is 48.1 Å². The Bertz CT molecular complexity index is 917. The van der Waals surface area contributed by atoms with Crippen LogP contribution in [-0.2, 0) is 17.6 Å². The summed E-state index contributed by atoms with van der Waals surface area (Å²) in [6, 6.07) is 16.1. The van der Waals surface area contributed by atoms with Crippen molar-refractivity contribution in [1.29, 1.82) is 0 Å². The van der Waals surface area contributed by atoms with Crippen LogP contribution in [0.4, 0.5) is 5.13 Å². The minimum Gasteiger partial charge on any atom is -0.301 e. The smallest absolute Gasteiger partial charge is 0.233 e. The van der Waals surface area contributed by atoms with Crippen molar-refractivity contribution in [3.8, 4) is 0 Å². The third-order valence-electron chi connectivity index (χ3n) is 4.59. The van der Waals surface area contributed by atoms with E-state index in [9.17, 15) is 4.79 Å². The standard InChI is InChI=1S/C23H25ClN2OS/c1-15(2)12-17-4-8-19(9-5-17)16(3)22(27)26-23-25-14-21(28-23)13-18-6-10-20(24)11-7-18/h4-11,14-16H,12-13H2,1-3H3,(H,25,26,27).